The highest BCUT2D eigenvalue weighted by molar-refractivity contribution is 7.99. The van der Waals surface area contributed by atoms with Crippen LogP contribution in [0.3, 0.4) is 0 Å². The predicted molar refractivity (Wildman–Crippen MR) is 108 cm³/mol. The Kier molecular flexibility index (Phi) is 10.5. The lowest BCUT2D eigenvalue weighted by Gasteiger charge is -2.23. The lowest BCUT2D eigenvalue weighted by molar-refractivity contribution is -0.129. The van der Waals surface area contributed by atoms with E-state index in [4.69, 9.17) is 17.0 Å². The number of aromatic nitrogens is 1. The summed E-state index contributed by atoms with van der Waals surface area (Å²) in [7, 11) is 0. The molecule has 0 aromatic carbocycles. The Bertz CT molecular complexity index is 732. The fourth-order valence-electron chi connectivity index (χ4n) is 1.97. The Morgan fingerprint density at radius 1 is 1.38 bits per heavy atom. The van der Waals surface area contributed by atoms with Gasteiger partial charge in [0.2, 0.25) is 5.91 Å². The Balaban J connectivity index is 2.88. The summed E-state index contributed by atoms with van der Waals surface area (Å²) in [6, 6.07) is 2.55. The molecule has 0 aliphatic rings. The first-order valence-corrected chi connectivity index (χ1v) is 10.1. The molecule has 0 saturated carbocycles. The Morgan fingerprint density at radius 3 is 2.66 bits per heavy atom. The number of amides is 3. The van der Waals surface area contributed by atoms with E-state index in [1.165, 1.54) is 12.4 Å². The lowest BCUT2D eigenvalue weighted by atomic mass is 10.3. The molecule has 1 rings (SSSR count). The summed E-state index contributed by atoms with van der Waals surface area (Å²) in [5.41, 5.74) is 0.334. The third-order valence-electron chi connectivity index (χ3n) is 3.27. The first-order valence-electron chi connectivity index (χ1n) is 8.52. The molecule has 0 bridgehead atoms. The number of thioether (sulfide) groups is 1. The first kappa shape index (κ1) is 24.8. The van der Waals surface area contributed by atoms with E-state index >= 15 is 0 Å². The lowest BCUT2D eigenvalue weighted by Crippen LogP contribution is -2.44. The van der Waals surface area contributed by atoms with Crippen LogP contribution in [0.25, 0.3) is 0 Å². The number of allylic oxidation sites excluding steroid dienone is 1. The summed E-state index contributed by atoms with van der Waals surface area (Å²) >= 11 is 6.73. The van der Waals surface area contributed by atoms with Gasteiger partial charge in [-0.3, -0.25) is 15.2 Å². The van der Waals surface area contributed by atoms with Crippen molar-refractivity contribution in [2.75, 3.05) is 23.4 Å². The van der Waals surface area contributed by atoms with Crippen LogP contribution < -0.4 is 10.6 Å². The zero-order valence-corrected chi connectivity index (χ0v) is 17.1. The second-order valence-electron chi connectivity index (χ2n) is 5.52. The zero-order chi connectivity index (χ0) is 21.9. The van der Waals surface area contributed by atoms with Crippen molar-refractivity contribution in [1.82, 2.24) is 15.2 Å². The molecule has 0 spiro atoms. The van der Waals surface area contributed by atoms with E-state index in [9.17, 15) is 22.8 Å². The molecular formula is C17H21ClF3N5O2S. The van der Waals surface area contributed by atoms with Crippen LogP contribution >= 0.6 is 23.4 Å². The molecular weight excluding hydrogens is 431 g/mol. The summed E-state index contributed by atoms with van der Waals surface area (Å²) in [4.78, 5) is 29.5. The van der Waals surface area contributed by atoms with Gasteiger partial charge in [0.1, 0.15) is 10.9 Å². The molecule has 160 valence electrons. The number of carbonyl (C=O) groups is 2. The monoisotopic (exact) mass is 451 g/mol. The molecule has 0 aliphatic heterocycles. The van der Waals surface area contributed by atoms with Gasteiger partial charge in [-0.1, -0.05) is 11.6 Å². The number of hydrogen-bond acceptors (Lipinski definition) is 6. The van der Waals surface area contributed by atoms with Gasteiger partial charge < -0.3 is 10.6 Å². The maximum absolute atomic E-state index is 12.6. The maximum atomic E-state index is 12.6. The van der Waals surface area contributed by atoms with E-state index < -0.39 is 29.7 Å². The number of anilines is 1. The molecule has 0 atom stereocenters. The van der Waals surface area contributed by atoms with Crippen molar-refractivity contribution >= 4 is 46.2 Å². The van der Waals surface area contributed by atoms with Crippen molar-refractivity contribution in [3.63, 3.8) is 0 Å². The molecule has 7 nitrogen and oxygen atoms in total. The number of alkyl halides is 3. The van der Waals surface area contributed by atoms with E-state index in [2.05, 4.69) is 15.6 Å². The molecule has 3 amide bonds. The number of nitrogens with one attached hydrogen (secondary N) is 3. The molecule has 3 N–H and O–H groups in total. The molecule has 0 radical (unpaired) electrons. The average molecular weight is 452 g/mol. The van der Waals surface area contributed by atoms with Gasteiger partial charge in [-0.15, -0.1) is 0 Å². The summed E-state index contributed by atoms with van der Waals surface area (Å²) in [5, 5.41) is 12.4. The number of carbonyl (C=O) groups excluding carboxylic acids is 2. The largest absolute Gasteiger partial charge is 0.389 e. The second-order valence-corrected chi connectivity index (χ2v) is 7.12. The van der Waals surface area contributed by atoms with E-state index in [-0.39, 0.29) is 30.2 Å². The van der Waals surface area contributed by atoms with Gasteiger partial charge in [0.05, 0.1) is 18.3 Å². The minimum absolute atomic E-state index is 0.0871. The second kappa shape index (κ2) is 12.3. The van der Waals surface area contributed by atoms with Crippen molar-refractivity contribution in [3.05, 3.63) is 36.4 Å². The number of halogens is 4. The number of pyridine rings is 1. The molecule has 1 aromatic rings. The zero-order valence-electron chi connectivity index (χ0n) is 15.6. The number of imide groups is 1. The van der Waals surface area contributed by atoms with Crippen LogP contribution in [0.5, 0.6) is 0 Å². The molecule has 29 heavy (non-hydrogen) atoms. The van der Waals surface area contributed by atoms with Gasteiger partial charge in [0, 0.05) is 36.9 Å². The Hall–Kier alpha value is -2.27. The van der Waals surface area contributed by atoms with E-state index in [0.29, 0.717) is 10.6 Å². The first-order chi connectivity index (χ1) is 13.7. The van der Waals surface area contributed by atoms with E-state index in [1.54, 1.807) is 25.3 Å². The number of hydrogen-bond donors (Lipinski definition) is 3. The summed E-state index contributed by atoms with van der Waals surface area (Å²) < 4.78 is 36.5. The van der Waals surface area contributed by atoms with Crippen LogP contribution in [0, 0.1) is 5.41 Å². The van der Waals surface area contributed by atoms with Crippen molar-refractivity contribution in [1.29, 1.82) is 5.41 Å². The van der Waals surface area contributed by atoms with Gasteiger partial charge in [0.25, 0.3) is 0 Å². The number of nitrogens with zero attached hydrogens (tertiary/aromatic N) is 2. The molecule has 0 unspecified atom stereocenters. The molecule has 0 fully saturated rings. The fraction of sp³-hybridized carbons (Fsp3) is 0.412. The van der Waals surface area contributed by atoms with Crippen molar-refractivity contribution < 1.29 is 22.8 Å². The highest BCUT2D eigenvalue weighted by atomic mass is 35.5. The molecule has 1 heterocycles. The van der Waals surface area contributed by atoms with Gasteiger partial charge in [0.15, 0.2) is 0 Å². The van der Waals surface area contributed by atoms with Gasteiger partial charge in [-0.2, -0.15) is 24.9 Å². The van der Waals surface area contributed by atoms with Crippen LogP contribution in [0.15, 0.2) is 36.4 Å². The van der Waals surface area contributed by atoms with Crippen LogP contribution in [0.2, 0.25) is 0 Å². The topological polar surface area (TPSA) is 98.2 Å². The van der Waals surface area contributed by atoms with Crippen molar-refractivity contribution in [2.24, 2.45) is 0 Å². The Labute approximate surface area is 175 Å². The minimum Gasteiger partial charge on any atom is -0.358 e. The predicted octanol–water partition coefficient (Wildman–Crippen LogP) is 4.18. The van der Waals surface area contributed by atoms with Gasteiger partial charge in [-0.25, -0.2) is 9.69 Å². The minimum atomic E-state index is -4.26. The van der Waals surface area contributed by atoms with E-state index in [0.717, 1.165) is 11.8 Å². The summed E-state index contributed by atoms with van der Waals surface area (Å²) in [5.74, 6) is -0.793. The quantitative estimate of drug-likeness (QED) is 0.366. The highest BCUT2D eigenvalue weighted by Crippen LogP contribution is 2.22. The molecule has 1 aromatic heterocycles. The van der Waals surface area contributed by atoms with Gasteiger partial charge in [-0.05, 0) is 19.1 Å². The molecule has 0 saturated heterocycles. The standard InChI is InChI=1S/C17H21ClF3N5O2S/c1-2-24-16(28)26(14(27)5-8-29-9-6-17(19,20)21)13(15(18)22)11-25-12-4-3-7-23-10-12/h3-4,7,10-11,22,25H,2,5-6,8-9H2,1H3,(H,24,28)/b13-11+,22-15?. The van der Waals surface area contributed by atoms with E-state index in [1.807, 2.05) is 0 Å². The SMILES string of the molecule is CCNC(=O)N(C(=O)CCSCCC(F)(F)F)/C(=C/Nc1cccnc1)C(=N)Cl. The molecule has 0 aliphatic carbocycles. The molecule has 12 heteroatoms. The van der Waals surface area contributed by atoms with Gasteiger partial charge >= 0.3 is 12.2 Å². The van der Waals surface area contributed by atoms with Crippen LogP contribution in [0.1, 0.15) is 19.8 Å². The van der Waals surface area contributed by atoms with Crippen LogP contribution in [-0.4, -0.2) is 51.2 Å². The van der Waals surface area contributed by atoms with Crippen molar-refractivity contribution in [3.8, 4) is 0 Å². The van der Waals surface area contributed by atoms with Crippen molar-refractivity contribution in [2.45, 2.75) is 25.9 Å². The highest BCUT2D eigenvalue weighted by Gasteiger charge is 2.28. The van der Waals surface area contributed by atoms with Crippen LogP contribution in [0.4, 0.5) is 23.7 Å². The number of rotatable bonds is 10. The summed E-state index contributed by atoms with van der Waals surface area (Å²) in [6.45, 7) is 1.87. The van der Waals surface area contributed by atoms with Crippen LogP contribution in [-0.2, 0) is 4.79 Å². The third kappa shape index (κ3) is 9.66. The summed E-state index contributed by atoms with van der Waals surface area (Å²) in [6.07, 6.45) is -1.16. The third-order valence-corrected chi connectivity index (χ3v) is 4.45. The maximum Gasteiger partial charge on any atom is 0.389 e. The number of urea groups is 1. The fourth-order valence-corrected chi connectivity index (χ4v) is 3.01. The smallest absolute Gasteiger partial charge is 0.358 e. The normalized spacial score (nSPS) is 11.7. The average Bonchev–Trinajstić information content (AvgIpc) is 2.64. The Morgan fingerprint density at radius 2 is 2.10 bits per heavy atom.